The lowest BCUT2D eigenvalue weighted by Gasteiger charge is -2.22. The maximum atomic E-state index is 9.41. The molecule has 0 spiro atoms. The number of likely N-dealkylation sites (N-methyl/N-ethyl adjacent to an activating group) is 1. The molecule has 0 unspecified atom stereocenters. The minimum atomic E-state index is -0.463. The van der Waals surface area contributed by atoms with Crippen molar-refractivity contribution < 1.29 is 9.84 Å². The largest absolute Gasteiger partial charge is 0.389 e. The second-order valence-electron chi connectivity index (χ2n) is 3.90. The van der Waals surface area contributed by atoms with Gasteiger partial charge in [-0.15, -0.1) is 0 Å². The van der Waals surface area contributed by atoms with Crippen molar-refractivity contribution in [3.8, 4) is 0 Å². The lowest BCUT2D eigenvalue weighted by atomic mass is 10.2. The van der Waals surface area contributed by atoms with Crippen molar-refractivity contribution in [2.24, 2.45) is 0 Å². The van der Waals surface area contributed by atoms with Gasteiger partial charge in [-0.2, -0.15) is 0 Å². The zero-order valence-electron chi connectivity index (χ0n) is 10.9. The highest BCUT2D eigenvalue weighted by Gasteiger charge is 2.07. The van der Waals surface area contributed by atoms with E-state index in [0.29, 0.717) is 6.61 Å². The smallest absolute Gasteiger partial charge is 0.128 e. The zero-order chi connectivity index (χ0) is 12.7. The number of nitrogens with zero attached hydrogens (tertiary/aromatic N) is 2. The summed E-state index contributed by atoms with van der Waals surface area (Å²) < 4.78 is 5.34. The molecule has 0 aliphatic carbocycles. The molecule has 1 aromatic heterocycles. The van der Waals surface area contributed by atoms with Crippen LogP contribution in [0.3, 0.4) is 0 Å². The van der Waals surface area contributed by atoms with E-state index in [0.717, 1.165) is 31.1 Å². The Balaban J connectivity index is 2.62. The Morgan fingerprint density at radius 2 is 2.18 bits per heavy atom. The summed E-state index contributed by atoms with van der Waals surface area (Å²) in [6.07, 6.45) is 1.26. The van der Waals surface area contributed by atoms with Crippen LogP contribution in [-0.2, 0) is 4.74 Å². The van der Waals surface area contributed by atoms with E-state index in [1.165, 1.54) is 0 Å². The molecule has 0 saturated heterocycles. The van der Waals surface area contributed by atoms with Crippen molar-refractivity contribution >= 4 is 5.82 Å². The van der Waals surface area contributed by atoms with E-state index in [1.807, 2.05) is 19.1 Å². The molecule has 1 rings (SSSR count). The van der Waals surface area contributed by atoms with Gasteiger partial charge in [-0.05, 0) is 32.4 Å². The Morgan fingerprint density at radius 3 is 2.65 bits per heavy atom. The first-order valence-corrected chi connectivity index (χ1v) is 6.15. The van der Waals surface area contributed by atoms with E-state index in [-0.39, 0.29) is 0 Å². The second-order valence-corrected chi connectivity index (χ2v) is 3.90. The highest BCUT2D eigenvalue weighted by molar-refractivity contribution is 5.39. The molecule has 0 radical (unpaired) electrons. The van der Waals surface area contributed by atoms with Gasteiger partial charge in [0.2, 0.25) is 0 Å². The molecule has 0 aliphatic heterocycles. The molecule has 17 heavy (non-hydrogen) atoms. The van der Waals surface area contributed by atoms with Crippen molar-refractivity contribution in [3.05, 3.63) is 23.9 Å². The minimum absolute atomic E-state index is 0.463. The van der Waals surface area contributed by atoms with E-state index in [1.54, 1.807) is 13.1 Å². The number of pyridine rings is 1. The Hall–Kier alpha value is -1.13. The fraction of sp³-hybridized carbons (Fsp3) is 0.615. The number of rotatable bonds is 7. The molecule has 0 bridgehead atoms. The van der Waals surface area contributed by atoms with Gasteiger partial charge in [-0.1, -0.05) is 6.07 Å². The van der Waals surface area contributed by atoms with Crippen LogP contribution in [-0.4, -0.2) is 36.4 Å². The first-order valence-electron chi connectivity index (χ1n) is 6.15. The number of anilines is 1. The summed E-state index contributed by atoms with van der Waals surface area (Å²) in [5.74, 6) is 0.927. The quantitative estimate of drug-likeness (QED) is 0.738. The molecule has 1 atom stereocenters. The van der Waals surface area contributed by atoms with Crippen LogP contribution in [0.1, 0.15) is 32.4 Å². The zero-order valence-corrected chi connectivity index (χ0v) is 10.9. The minimum Gasteiger partial charge on any atom is -0.389 e. The summed E-state index contributed by atoms with van der Waals surface area (Å²) in [6, 6.07) is 3.85. The third kappa shape index (κ3) is 4.32. The van der Waals surface area contributed by atoms with Gasteiger partial charge in [0.1, 0.15) is 5.82 Å². The van der Waals surface area contributed by atoms with E-state index in [4.69, 9.17) is 4.74 Å². The third-order valence-electron chi connectivity index (χ3n) is 2.67. The summed E-state index contributed by atoms with van der Waals surface area (Å²) in [5.41, 5.74) is 0.842. The van der Waals surface area contributed by atoms with Crippen LogP contribution in [0.25, 0.3) is 0 Å². The molecule has 0 fully saturated rings. The molecular formula is C13H22N2O2. The Bertz CT molecular complexity index is 312. The fourth-order valence-corrected chi connectivity index (χ4v) is 1.59. The van der Waals surface area contributed by atoms with Crippen LogP contribution < -0.4 is 4.90 Å². The van der Waals surface area contributed by atoms with Gasteiger partial charge >= 0.3 is 0 Å². The normalized spacial score (nSPS) is 12.5. The van der Waals surface area contributed by atoms with Gasteiger partial charge in [-0.25, -0.2) is 4.98 Å². The van der Waals surface area contributed by atoms with E-state index in [9.17, 15) is 5.11 Å². The standard InChI is InChI=1S/C13H22N2O2/c1-4-15(8-9-17-5-2)13-7-6-12(10-14-13)11(3)16/h6-7,10-11,16H,4-5,8-9H2,1-3H3/t11-/m0/s1. The van der Waals surface area contributed by atoms with Crippen molar-refractivity contribution in [2.45, 2.75) is 26.9 Å². The first kappa shape index (κ1) is 13.9. The van der Waals surface area contributed by atoms with E-state index < -0.39 is 6.10 Å². The Morgan fingerprint density at radius 1 is 1.41 bits per heavy atom. The summed E-state index contributed by atoms with van der Waals surface area (Å²) in [5, 5.41) is 9.41. The predicted molar refractivity (Wildman–Crippen MR) is 69.3 cm³/mol. The van der Waals surface area contributed by atoms with Gasteiger partial charge in [0, 0.05) is 25.9 Å². The molecule has 0 aromatic carbocycles. The molecule has 1 aromatic rings. The molecule has 1 heterocycles. The molecule has 0 saturated carbocycles. The lowest BCUT2D eigenvalue weighted by molar-refractivity contribution is 0.154. The maximum absolute atomic E-state index is 9.41. The highest BCUT2D eigenvalue weighted by atomic mass is 16.5. The predicted octanol–water partition coefficient (Wildman–Crippen LogP) is 2.00. The molecule has 96 valence electrons. The molecule has 1 N–H and O–H groups in total. The highest BCUT2D eigenvalue weighted by Crippen LogP contribution is 2.15. The van der Waals surface area contributed by atoms with Gasteiger partial charge < -0.3 is 14.7 Å². The van der Waals surface area contributed by atoms with Crippen LogP contribution >= 0.6 is 0 Å². The monoisotopic (exact) mass is 238 g/mol. The Kier molecular flexibility index (Phi) is 5.94. The number of aliphatic hydroxyl groups is 1. The molecule has 0 aliphatic rings. The van der Waals surface area contributed by atoms with Crippen molar-refractivity contribution in [1.82, 2.24) is 4.98 Å². The summed E-state index contributed by atoms with van der Waals surface area (Å²) in [7, 11) is 0. The number of aromatic nitrogens is 1. The van der Waals surface area contributed by atoms with Crippen molar-refractivity contribution in [2.75, 3.05) is 31.2 Å². The average Bonchev–Trinajstić information content (AvgIpc) is 2.35. The SMILES string of the molecule is CCOCCN(CC)c1ccc([C@H](C)O)cn1. The average molecular weight is 238 g/mol. The maximum Gasteiger partial charge on any atom is 0.128 e. The number of ether oxygens (including phenoxy) is 1. The van der Waals surface area contributed by atoms with Crippen LogP contribution in [0.15, 0.2) is 18.3 Å². The number of hydrogen-bond acceptors (Lipinski definition) is 4. The van der Waals surface area contributed by atoms with Crippen LogP contribution in [0.4, 0.5) is 5.82 Å². The van der Waals surface area contributed by atoms with Gasteiger partial charge in [0.25, 0.3) is 0 Å². The summed E-state index contributed by atoms with van der Waals surface area (Å²) in [4.78, 5) is 6.51. The van der Waals surface area contributed by atoms with Crippen LogP contribution in [0, 0.1) is 0 Å². The summed E-state index contributed by atoms with van der Waals surface area (Å²) >= 11 is 0. The molecule has 4 heteroatoms. The third-order valence-corrected chi connectivity index (χ3v) is 2.67. The van der Waals surface area contributed by atoms with E-state index >= 15 is 0 Å². The second kappa shape index (κ2) is 7.25. The van der Waals surface area contributed by atoms with Gasteiger partial charge in [0.15, 0.2) is 0 Å². The molecule has 4 nitrogen and oxygen atoms in total. The van der Waals surface area contributed by atoms with Crippen molar-refractivity contribution in [3.63, 3.8) is 0 Å². The first-order chi connectivity index (χ1) is 8.19. The summed E-state index contributed by atoms with van der Waals surface area (Å²) in [6.45, 7) is 9.02. The van der Waals surface area contributed by atoms with Gasteiger partial charge in [0.05, 0.1) is 12.7 Å². The Labute approximate surface area is 103 Å². The van der Waals surface area contributed by atoms with Crippen LogP contribution in [0.2, 0.25) is 0 Å². The number of hydrogen-bond donors (Lipinski definition) is 1. The van der Waals surface area contributed by atoms with Gasteiger partial charge in [-0.3, -0.25) is 0 Å². The lowest BCUT2D eigenvalue weighted by Crippen LogP contribution is -2.28. The van der Waals surface area contributed by atoms with Crippen LogP contribution in [0.5, 0.6) is 0 Å². The van der Waals surface area contributed by atoms with E-state index in [2.05, 4.69) is 16.8 Å². The number of aliphatic hydroxyl groups excluding tert-OH is 1. The molecular weight excluding hydrogens is 216 g/mol. The molecule has 0 amide bonds. The topological polar surface area (TPSA) is 45.6 Å². The fourth-order valence-electron chi connectivity index (χ4n) is 1.59. The van der Waals surface area contributed by atoms with Crippen molar-refractivity contribution in [1.29, 1.82) is 0 Å².